The molecular weight excluding hydrogens is 220 g/mol. The number of hydrogen-bond donors (Lipinski definition) is 2. The Morgan fingerprint density at radius 2 is 2.19 bits per heavy atom. The molecule has 90 valence electrons. The first-order valence-corrected chi connectivity index (χ1v) is 6.64. The fourth-order valence-corrected chi connectivity index (χ4v) is 2.50. The predicted molar refractivity (Wildman–Crippen MR) is 66.7 cm³/mol. The molecule has 0 saturated heterocycles. The summed E-state index contributed by atoms with van der Waals surface area (Å²) in [7, 11) is 0. The summed E-state index contributed by atoms with van der Waals surface area (Å²) in [6.45, 7) is 7.55. The zero-order chi connectivity index (χ0) is 11.8. The summed E-state index contributed by atoms with van der Waals surface area (Å²) >= 11 is 1.70. The van der Waals surface area contributed by atoms with Crippen LogP contribution in [0.2, 0.25) is 0 Å². The number of nitrogens with zero attached hydrogens (tertiary/aromatic N) is 1. The highest BCUT2D eigenvalue weighted by Crippen LogP contribution is 2.35. The van der Waals surface area contributed by atoms with Gasteiger partial charge in [0.2, 0.25) is 0 Å². The Morgan fingerprint density at radius 3 is 2.62 bits per heavy atom. The highest BCUT2D eigenvalue weighted by Gasteiger charge is 2.41. The van der Waals surface area contributed by atoms with Crippen molar-refractivity contribution in [1.82, 2.24) is 10.3 Å². The van der Waals surface area contributed by atoms with Gasteiger partial charge in [0, 0.05) is 22.9 Å². The first-order valence-electron chi connectivity index (χ1n) is 5.76. The molecule has 3 nitrogen and oxygen atoms in total. The second-order valence-electron chi connectivity index (χ2n) is 5.67. The number of aliphatic hydroxyl groups excluding tert-OH is 1. The summed E-state index contributed by atoms with van der Waals surface area (Å²) in [6, 6.07) is 0. The number of hydrogen-bond acceptors (Lipinski definition) is 4. The highest BCUT2D eigenvalue weighted by molar-refractivity contribution is 7.09. The van der Waals surface area contributed by atoms with Crippen molar-refractivity contribution in [3.63, 3.8) is 0 Å². The van der Waals surface area contributed by atoms with Gasteiger partial charge in [-0.15, -0.1) is 11.3 Å². The molecule has 2 N–H and O–H groups in total. The molecule has 0 aliphatic heterocycles. The van der Waals surface area contributed by atoms with Crippen molar-refractivity contribution in [3.8, 4) is 0 Å². The minimum absolute atomic E-state index is 0.00751. The van der Waals surface area contributed by atoms with Gasteiger partial charge in [-0.25, -0.2) is 4.98 Å². The standard InChI is InChI=1S/C12H20N2OS/c1-11(2,3)9-7-16-10(14-9)6-13-12(8-15)4-5-12/h7,13,15H,4-6,8H2,1-3H3. The Labute approximate surface area is 101 Å². The molecule has 4 heteroatoms. The van der Waals surface area contributed by atoms with Crippen LogP contribution < -0.4 is 5.32 Å². The van der Waals surface area contributed by atoms with Crippen molar-refractivity contribution < 1.29 is 5.11 Å². The third kappa shape index (κ3) is 2.62. The lowest BCUT2D eigenvalue weighted by molar-refractivity contribution is 0.229. The molecule has 1 fully saturated rings. The zero-order valence-corrected chi connectivity index (χ0v) is 11.0. The van der Waals surface area contributed by atoms with E-state index in [0.29, 0.717) is 0 Å². The first kappa shape index (κ1) is 12.0. The first-order chi connectivity index (χ1) is 7.45. The van der Waals surface area contributed by atoms with Gasteiger partial charge in [-0.1, -0.05) is 20.8 Å². The van der Waals surface area contributed by atoms with Crippen LogP contribution in [0.4, 0.5) is 0 Å². The number of thiazole rings is 1. The molecule has 1 aliphatic rings. The maximum Gasteiger partial charge on any atom is 0.107 e. The molecule has 0 aromatic carbocycles. The highest BCUT2D eigenvalue weighted by atomic mass is 32.1. The van der Waals surface area contributed by atoms with Gasteiger partial charge >= 0.3 is 0 Å². The Hall–Kier alpha value is -0.450. The van der Waals surface area contributed by atoms with Gasteiger partial charge in [-0.05, 0) is 12.8 Å². The van der Waals surface area contributed by atoms with Crippen molar-refractivity contribution in [1.29, 1.82) is 0 Å². The molecule has 1 aromatic heterocycles. The molecule has 1 aliphatic carbocycles. The lowest BCUT2D eigenvalue weighted by Gasteiger charge is -2.15. The van der Waals surface area contributed by atoms with E-state index < -0.39 is 0 Å². The lowest BCUT2D eigenvalue weighted by Crippen LogP contribution is -2.34. The van der Waals surface area contributed by atoms with Crippen molar-refractivity contribution >= 4 is 11.3 Å². The SMILES string of the molecule is CC(C)(C)c1csc(CNC2(CO)CC2)n1. The zero-order valence-electron chi connectivity index (χ0n) is 10.2. The Balaban J connectivity index is 1.93. The molecule has 0 unspecified atom stereocenters. The number of rotatable bonds is 4. The van der Waals surface area contributed by atoms with Gasteiger partial charge in [-0.2, -0.15) is 0 Å². The van der Waals surface area contributed by atoms with Crippen LogP contribution in [0, 0.1) is 0 Å². The maximum absolute atomic E-state index is 9.19. The van der Waals surface area contributed by atoms with Gasteiger partial charge in [0.15, 0.2) is 0 Å². The second kappa shape index (κ2) is 4.09. The van der Waals surface area contributed by atoms with E-state index in [9.17, 15) is 5.11 Å². The third-order valence-corrected chi connectivity index (χ3v) is 3.94. The van der Waals surface area contributed by atoms with E-state index in [2.05, 4.69) is 36.5 Å². The van der Waals surface area contributed by atoms with Crippen LogP contribution >= 0.6 is 11.3 Å². The summed E-state index contributed by atoms with van der Waals surface area (Å²) in [4.78, 5) is 4.62. The van der Waals surface area contributed by atoms with Crippen LogP contribution in [0.25, 0.3) is 0 Å². The van der Waals surface area contributed by atoms with Gasteiger partial charge in [-0.3, -0.25) is 0 Å². The minimum Gasteiger partial charge on any atom is -0.394 e. The molecule has 0 bridgehead atoms. The predicted octanol–water partition coefficient (Wildman–Crippen LogP) is 2.06. The van der Waals surface area contributed by atoms with Crippen LogP contribution in [0.5, 0.6) is 0 Å². The Bertz CT molecular complexity index is 363. The maximum atomic E-state index is 9.19. The normalized spacial score (nSPS) is 18.8. The average Bonchev–Trinajstić information content (AvgIpc) is 2.83. The van der Waals surface area contributed by atoms with Crippen molar-refractivity contribution in [2.45, 2.75) is 51.1 Å². The average molecular weight is 240 g/mol. The molecule has 0 radical (unpaired) electrons. The van der Waals surface area contributed by atoms with Crippen LogP contribution in [-0.2, 0) is 12.0 Å². The third-order valence-electron chi connectivity index (χ3n) is 3.09. The molecule has 0 atom stereocenters. The van der Waals surface area contributed by atoms with Gasteiger partial charge in [0.25, 0.3) is 0 Å². The minimum atomic E-state index is 0.00751. The molecule has 1 saturated carbocycles. The van der Waals surface area contributed by atoms with E-state index in [-0.39, 0.29) is 17.6 Å². The number of nitrogens with one attached hydrogen (secondary N) is 1. The second-order valence-corrected chi connectivity index (χ2v) is 6.61. The smallest absolute Gasteiger partial charge is 0.107 e. The topological polar surface area (TPSA) is 45.1 Å². The van der Waals surface area contributed by atoms with E-state index in [1.54, 1.807) is 11.3 Å². The number of aromatic nitrogens is 1. The van der Waals surface area contributed by atoms with E-state index in [1.807, 2.05) is 0 Å². The molecule has 0 amide bonds. The summed E-state index contributed by atoms with van der Waals surface area (Å²) in [5, 5.41) is 15.8. The Kier molecular flexibility index (Phi) is 3.07. The summed E-state index contributed by atoms with van der Waals surface area (Å²) in [5.74, 6) is 0. The van der Waals surface area contributed by atoms with E-state index >= 15 is 0 Å². The van der Waals surface area contributed by atoms with Gasteiger partial charge in [0.1, 0.15) is 5.01 Å². The fraction of sp³-hybridized carbons (Fsp3) is 0.750. The number of aliphatic hydroxyl groups is 1. The van der Waals surface area contributed by atoms with E-state index in [4.69, 9.17) is 0 Å². The van der Waals surface area contributed by atoms with Crippen molar-refractivity contribution in [2.75, 3.05) is 6.61 Å². The molecule has 1 aromatic rings. The summed E-state index contributed by atoms with van der Waals surface area (Å²) in [6.07, 6.45) is 2.17. The quantitative estimate of drug-likeness (QED) is 0.846. The molecule has 2 rings (SSSR count). The molecule has 1 heterocycles. The lowest BCUT2D eigenvalue weighted by atomic mass is 9.93. The van der Waals surface area contributed by atoms with Crippen LogP contribution in [0.1, 0.15) is 44.3 Å². The fourth-order valence-electron chi connectivity index (χ4n) is 1.54. The molecule has 16 heavy (non-hydrogen) atoms. The molecular formula is C12H20N2OS. The van der Waals surface area contributed by atoms with Crippen LogP contribution in [-0.4, -0.2) is 22.2 Å². The Morgan fingerprint density at radius 1 is 1.50 bits per heavy atom. The van der Waals surface area contributed by atoms with Gasteiger partial charge in [0.05, 0.1) is 12.3 Å². The van der Waals surface area contributed by atoms with Crippen LogP contribution in [0.3, 0.4) is 0 Å². The van der Waals surface area contributed by atoms with Crippen molar-refractivity contribution in [3.05, 3.63) is 16.1 Å². The van der Waals surface area contributed by atoms with Crippen molar-refractivity contribution in [2.24, 2.45) is 0 Å². The monoisotopic (exact) mass is 240 g/mol. The van der Waals surface area contributed by atoms with Crippen LogP contribution in [0.15, 0.2) is 5.38 Å². The summed E-state index contributed by atoms with van der Waals surface area (Å²) in [5.41, 5.74) is 1.29. The van der Waals surface area contributed by atoms with E-state index in [1.165, 1.54) is 0 Å². The molecule has 0 spiro atoms. The van der Waals surface area contributed by atoms with E-state index in [0.717, 1.165) is 30.1 Å². The van der Waals surface area contributed by atoms with Gasteiger partial charge < -0.3 is 10.4 Å². The summed E-state index contributed by atoms with van der Waals surface area (Å²) < 4.78 is 0. The largest absolute Gasteiger partial charge is 0.394 e.